The van der Waals surface area contributed by atoms with Gasteiger partial charge in [0.2, 0.25) is 0 Å². The maximum absolute atomic E-state index is 13.6. The van der Waals surface area contributed by atoms with Gasteiger partial charge < -0.3 is 9.80 Å². The van der Waals surface area contributed by atoms with Crippen LogP contribution in [0.4, 0.5) is 34.1 Å². The number of para-hydroxylation sites is 4. The van der Waals surface area contributed by atoms with Crippen LogP contribution in [0, 0.1) is 0 Å². The first-order valence-corrected chi connectivity index (χ1v) is 15.4. The van der Waals surface area contributed by atoms with Crippen molar-refractivity contribution in [1.29, 1.82) is 0 Å². The second kappa shape index (κ2) is 10.3. The molecule has 6 aromatic rings. The molecular formula is C37H24N2OS2. The molecule has 0 spiro atoms. The molecule has 3 nitrogen and oxygen atoms in total. The Hall–Kier alpha value is -4.71. The quantitative estimate of drug-likeness (QED) is 0.194. The fourth-order valence-corrected chi connectivity index (χ4v) is 7.77. The molecule has 0 saturated heterocycles. The Kier molecular flexibility index (Phi) is 6.13. The Bertz CT molecular complexity index is 1730. The molecule has 5 heteroatoms. The molecule has 2 aliphatic rings. The molecule has 200 valence electrons. The van der Waals surface area contributed by atoms with Gasteiger partial charge in [0.1, 0.15) is 0 Å². The summed E-state index contributed by atoms with van der Waals surface area (Å²) in [5, 5.41) is 0. The van der Waals surface area contributed by atoms with Crippen molar-refractivity contribution in [3.8, 4) is 0 Å². The molecule has 0 aliphatic carbocycles. The Morgan fingerprint density at radius 3 is 0.976 bits per heavy atom. The van der Waals surface area contributed by atoms with Gasteiger partial charge in [-0.2, -0.15) is 0 Å². The van der Waals surface area contributed by atoms with Gasteiger partial charge in [0.25, 0.3) is 0 Å². The lowest BCUT2D eigenvalue weighted by Gasteiger charge is -2.33. The Balaban J connectivity index is 1.10. The molecule has 0 amide bonds. The molecule has 0 saturated carbocycles. The van der Waals surface area contributed by atoms with Crippen molar-refractivity contribution in [3.05, 3.63) is 157 Å². The second-order valence-corrected chi connectivity index (χ2v) is 12.3. The predicted octanol–water partition coefficient (Wildman–Crippen LogP) is 10.8. The summed E-state index contributed by atoms with van der Waals surface area (Å²) < 4.78 is 0. The van der Waals surface area contributed by atoms with E-state index in [2.05, 4.69) is 107 Å². The van der Waals surface area contributed by atoms with E-state index in [-0.39, 0.29) is 5.78 Å². The third-order valence-corrected chi connectivity index (χ3v) is 9.90. The highest BCUT2D eigenvalue weighted by molar-refractivity contribution is 8.00. The highest BCUT2D eigenvalue weighted by Crippen LogP contribution is 2.52. The van der Waals surface area contributed by atoms with E-state index in [4.69, 9.17) is 0 Å². The maximum atomic E-state index is 13.6. The number of benzene rings is 6. The Morgan fingerprint density at radius 1 is 0.381 bits per heavy atom. The highest BCUT2D eigenvalue weighted by atomic mass is 32.2. The van der Waals surface area contributed by atoms with Crippen molar-refractivity contribution in [1.82, 2.24) is 0 Å². The van der Waals surface area contributed by atoms with Gasteiger partial charge in [-0.25, -0.2) is 0 Å². The zero-order valence-electron chi connectivity index (χ0n) is 22.5. The summed E-state index contributed by atoms with van der Waals surface area (Å²) in [6.45, 7) is 0. The summed E-state index contributed by atoms with van der Waals surface area (Å²) in [5.74, 6) is 0.0121. The van der Waals surface area contributed by atoms with Crippen molar-refractivity contribution in [2.45, 2.75) is 19.6 Å². The zero-order chi connectivity index (χ0) is 28.0. The lowest BCUT2D eigenvalue weighted by atomic mass is 10.0. The highest BCUT2D eigenvalue weighted by Gasteiger charge is 2.26. The van der Waals surface area contributed by atoms with E-state index in [9.17, 15) is 4.79 Å². The van der Waals surface area contributed by atoms with Crippen LogP contribution in [0.3, 0.4) is 0 Å². The average Bonchev–Trinajstić information content (AvgIpc) is 3.06. The number of hydrogen-bond acceptors (Lipinski definition) is 5. The fourth-order valence-electron chi connectivity index (χ4n) is 5.66. The van der Waals surface area contributed by atoms with E-state index in [1.807, 2.05) is 48.5 Å². The van der Waals surface area contributed by atoms with E-state index in [0.717, 1.165) is 34.1 Å². The van der Waals surface area contributed by atoms with Gasteiger partial charge in [-0.15, -0.1) is 0 Å². The monoisotopic (exact) mass is 576 g/mol. The number of hydrogen-bond donors (Lipinski definition) is 0. The molecule has 0 unspecified atom stereocenters. The van der Waals surface area contributed by atoms with E-state index < -0.39 is 0 Å². The number of ketones is 1. The van der Waals surface area contributed by atoms with E-state index in [1.165, 1.54) is 19.6 Å². The largest absolute Gasteiger partial charge is 0.308 e. The van der Waals surface area contributed by atoms with Crippen molar-refractivity contribution in [2.75, 3.05) is 9.80 Å². The molecular weight excluding hydrogens is 553 g/mol. The normalized spacial score (nSPS) is 13.0. The number of fused-ring (bicyclic) bond motifs is 4. The molecule has 2 aliphatic heterocycles. The van der Waals surface area contributed by atoms with Crippen LogP contribution in [-0.4, -0.2) is 5.78 Å². The third kappa shape index (κ3) is 4.21. The lowest BCUT2D eigenvalue weighted by molar-refractivity contribution is 0.103. The topological polar surface area (TPSA) is 23.6 Å². The summed E-state index contributed by atoms with van der Waals surface area (Å²) >= 11 is 3.58. The first-order chi connectivity index (χ1) is 20.7. The number of carbonyl (C=O) groups is 1. The van der Waals surface area contributed by atoms with Crippen molar-refractivity contribution < 1.29 is 4.79 Å². The van der Waals surface area contributed by atoms with Crippen LogP contribution in [0.25, 0.3) is 0 Å². The molecule has 0 fully saturated rings. The summed E-state index contributed by atoms with van der Waals surface area (Å²) in [7, 11) is 0. The van der Waals surface area contributed by atoms with Gasteiger partial charge in [-0.05, 0) is 97.1 Å². The maximum Gasteiger partial charge on any atom is 0.193 e. The molecule has 42 heavy (non-hydrogen) atoms. The molecule has 0 bridgehead atoms. The minimum atomic E-state index is 0.0121. The van der Waals surface area contributed by atoms with Crippen molar-refractivity contribution in [2.24, 2.45) is 0 Å². The number of nitrogens with zero attached hydrogens (tertiary/aromatic N) is 2. The third-order valence-electron chi connectivity index (χ3n) is 7.64. The summed E-state index contributed by atoms with van der Waals surface area (Å²) in [5.41, 5.74) is 7.99. The van der Waals surface area contributed by atoms with Crippen LogP contribution < -0.4 is 9.80 Å². The summed E-state index contributed by atoms with van der Waals surface area (Å²) in [4.78, 5) is 23.0. The number of rotatable bonds is 4. The Labute approximate surface area is 253 Å². The molecule has 0 aromatic heterocycles. The summed E-state index contributed by atoms with van der Waals surface area (Å²) in [6, 6.07) is 49.8. The molecule has 0 N–H and O–H groups in total. The average molecular weight is 577 g/mol. The number of anilines is 6. The van der Waals surface area contributed by atoms with Crippen LogP contribution in [0.5, 0.6) is 0 Å². The minimum absolute atomic E-state index is 0.0121. The van der Waals surface area contributed by atoms with Gasteiger partial charge in [-0.3, -0.25) is 4.79 Å². The van der Waals surface area contributed by atoms with Gasteiger partial charge in [-0.1, -0.05) is 72.1 Å². The van der Waals surface area contributed by atoms with Crippen LogP contribution >= 0.6 is 23.5 Å². The van der Waals surface area contributed by atoms with E-state index in [0.29, 0.717) is 11.1 Å². The molecule has 8 rings (SSSR count). The van der Waals surface area contributed by atoms with Gasteiger partial charge in [0, 0.05) is 42.1 Å². The molecule has 0 radical (unpaired) electrons. The SMILES string of the molecule is O=C(c1ccc(N2c3ccccc3Sc3ccccc32)cc1)c1ccc(N2c3ccccc3Sc3ccccc32)cc1. The van der Waals surface area contributed by atoms with Crippen molar-refractivity contribution >= 4 is 63.4 Å². The van der Waals surface area contributed by atoms with Crippen molar-refractivity contribution in [3.63, 3.8) is 0 Å². The van der Waals surface area contributed by atoms with E-state index >= 15 is 0 Å². The lowest BCUT2D eigenvalue weighted by Crippen LogP contribution is -2.15. The van der Waals surface area contributed by atoms with Crippen LogP contribution in [0.15, 0.2) is 165 Å². The molecule has 6 aromatic carbocycles. The van der Waals surface area contributed by atoms with E-state index in [1.54, 1.807) is 23.5 Å². The minimum Gasteiger partial charge on any atom is -0.308 e. The van der Waals surface area contributed by atoms with Crippen LogP contribution in [0.2, 0.25) is 0 Å². The fraction of sp³-hybridized carbons (Fsp3) is 0. The van der Waals surface area contributed by atoms with Gasteiger partial charge >= 0.3 is 0 Å². The predicted molar refractivity (Wildman–Crippen MR) is 174 cm³/mol. The van der Waals surface area contributed by atoms with Crippen LogP contribution in [0.1, 0.15) is 15.9 Å². The summed E-state index contributed by atoms with van der Waals surface area (Å²) in [6.07, 6.45) is 0. The molecule has 2 heterocycles. The van der Waals surface area contributed by atoms with Gasteiger partial charge in [0.05, 0.1) is 22.7 Å². The standard InChI is InChI=1S/C37H24N2OS2/c40-37(25-17-21-27(22-18-25)38-29-9-1-5-13-33(29)41-34-14-6-2-10-30(34)38)26-19-23-28(24-20-26)39-31-11-3-7-15-35(31)42-36-16-8-4-12-32(36)39/h1-24H. The van der Waals surface area contributed by atoms with Crippen LogP contribution in [-0.2, 0) is 0 Å². The smallest absolute Gasteiger partial charge is 0.193 e. The Morgan fingerprint density at radius 2 is 0.667 bits per heavy atom. The number of carbonyl (C=O) groups excluding carboxylic acids is 1. The zero-order valence-corrected chi connectivity index (χ0v) is 24.1. The first-order valence-electron chi connectivity index (χ1n) is 13.8. The molecule has 0 atom stereocenters. The first kappa shape index (κ1) is 25.0. The van der Waals surface area contributed by atoms with Gasteiger partial charge in [0.15, 0.2) is 5.78 Å². The second-order valence-electron chi connectivity index (χ2n) is 10.2.